The molecule has 0 aromatic carbocycles. The Labute approximate surface area is 129 Å². The molecular formula is C15H22N6O. The molecule has 1 saturated heterocycles. The highest BCUT2D eigenvalue weighted by Crippen LogP contribution is 2.18. The fourth-order valence-corrected chi connectivity index (χ4v) is 3.03. The maximum absolute atomic E-state index is 12.3. The highest BCUT2D eigenvalue weighted by Gasteiger charge is 2.26. The molecule has 0 saturated carbocycles. The van der Waals surface area contributed by atoms with Crippen LogP contribution in [0.15, 0.2) is 24.5 Å². The molecule has 1 N–H and O–H groups in total. The van der Waals surface area contributed by atoms with Gasteiger partial charge in [-0.1, -0.05) is 0 Å². The molecule has 0 aliphatic carbocycles. The second kappa shape index (κ2) is 6.31. The zero-order chi connectivity index (χ0) is 15.5. The Morgan fingerprint density at radius 3 is 3.05 bits per heavy atom. The van der Waals surface area contributed by atoms with E-state index in [1.807, 2.05) is 37.0 Å². The molecular weight excluding hydrogens is 280 g/mol. The fourth-order valence-electron chi connectivity index (χ4n) is 3.03. The van der Waals surface area contributed by atoms with Crippen molar-refractivity contribution in [3.05, 3.63) is 30.2 Å². The Balaban J connectivity index is 1.57. The first-order valence-corrected chi connectivity index (χ1v) is 7.64. The van der Waals surface area contributed by atoms with Gasteiger partial charge >= 0.3 is 0 Å². The topological polar surface area (TPSA) is 68.0 Å². The van der Waals surface area contributed by atoms with Crippen LogP contribution in [0, 0.1) is 6.92 Å². The summed E-state index contributed by atoms with van der Waals surface area (Å²) >= 11 is 0. The predicted molar refractivity (Wildman–Crippen MR) is 83.4 cm³/mol. The molecule has 0 unspecified atom stereocenters. The lowest BCUT2D eigenvalue weighted by molar-refractivity contribution is -0.117. The number of rotatable bonds is 5. The van der Waals surface area contributed by atoms with E-state index in [9.17, 15) is 4.79 Å². The van der Waals surface area contributed by atoms with E-state index in [-0.39, 0.29) is 5.91 Å². The van der Waals surface area contributed by atoms with Crippen LogP contribution in [0.1, 0.15) is 18.5 Å². The molecule has 118 valence electrons. The Bertz CT molecular complexity index is 633. The fraction of sp³-hybridized carbons (Fsp3) is 0.533. The number of nitrogens with one attached hydrogen (secondary N) is 1. The number of anilines is 1. The molecule has 3 rings (SSSR count). The van der Waals surface area contributed by atoms with Crippen LogP contribution in [0.25, 0.3) is 0 Å². The van der Waals surface area contributed by atoms with E-state index >= 15 is 0 Å². The summed E-state index contributed by atoms with van der Waals surface area (Å²) in [5, 5.41) is 11.4. The Hall–Kier alpha value is -2.15. The summed E-state index contributed by atoms with van der Waals surface area (Å²) in [5.41, 5.74) is 0.899. The maximum atomic E-state index is 12.3. The van der Waals surface area contributed by atoms with Crippen molar-refractivity contribution in [2.24, 2.45) is 7.05 Å². The van der Waals surface area contributed by atoms with Gasteiger partial charge in [-0.2, -0.15) is 10.2 Å². The van der Waals surface area contributed by atoms with Crippen LogP contribution < -0.4 is 5.32 Å². The van der Waals surface area contributed by atoms with E-state index in [1.165, 1.54) is 0 Å². The van der Waals surface area contributed by atoms with Gasteiger partial charge in [0.15, 0.2) is 0 Å². The third kappa shape index (κ3) is 3.36. The summed E-state index contributed by atoms with van der Waals surface area (Å²) in [6.07, 6.45) is 5.99. The Morgan fingerprint density at radius 2 is 2.36 bits per heavy atom. The normalized spacial score (nSPS) is 18.7. The quantitative estimate of drug-likeness (QED) is 0.895. The lowest BCUT2D eigenvalue weighted by atomic mass is 10.2. The number of amides is 1. The summed E-state index contributed by atoms with van der Waals surface area (Å²) in [4.78, 5) is 14.5. The van der Waals surface area contributed by atoms with E-state index in [0.29, 0.717) is 12.6 Å². The van der Waals surface area contributed by atoms with Crippen LogP contribution in [0.2, 0.25) is 0 Å². The standard InChI is InChI=1S/C15H22N6O/c1-12-9-14(19(2)18-12)17-15(22)11-20-7-3-5-13(20)10-21-8-4-6-16-21/h4,6,8-9,13H,3,5,7,10-11H2,1-2H3,(H,17,22)/t13-/m0/s1. The van der Waals surface area contributed by atoms with Crippen LogP contribution in [-0.2, 0) is 18.4 Å². The van der Waals surface area contributed by atoms with Gasteiger partial charge in [0.05, 0.1) is 18.8 Å². The minimum atomic E-state index is 0.00960. The summed E-state index contributed by atoms with van der Waals surface area (Å²) in [5.74, 6) is 0.751. The molecule has 0 bridgehead atoms. The van der Waals surface area contributed by atoms with Crippen molar-refractivity contribution >= 4 is 11.7 Å². The Kier molecular flexibility index (Phi) is 4.24. The van der Waals surface area contributed by atoms with Gasteiger partial charge in [0.2, 0.25) is 5.91 Å². The van der Waals surface area contributed by atoms with E-state index in [2.05, 4.69) is 20.4 Å². The summed E-state index contributed by atoms with van der Waals surface area (Å²) in [6.45, 7) is 4.13. The van der Waals surface area contributed by atoms with E-state index < -0.39 is 0 Å². The lowest BCUT2D eigenvalue weighted by Crippen LogP contribution is -2.39. The van der Waals surface area contributed by atoms with Crippen LogP contribution in [0.3, 0.4) is 0 Å². The molecule has 1 aliphatic heterocycles. The summed E-state index contributed by atoms with van der Waals surface area (Å²) in [7, 11) is 1.83. The molecule has 1 atom stereocenters. The maximum Gasteiger partial charge on any atom is 0.239 e. The largest absolute Gasteiger partial charge is 0.310 e. The van der Waals surface area contributed by atoms with Gasteiger partial charge in [0, 0.05) is 31.5 Å². The first kappa shape index (κ1) is 14.8. The monoisotopic (exact) mass is 302 g/mol. The van der Waals surface area contributed by atoms with Gasteiger partial charge in [-0.25, -0.2) is 0 Å². The van der Waals surface area contributed by atoms with E-state index in [4.69, 9.17) is 0 Å². The zero-order valence-electron chi connectivity index (χ0n) is 13.1. The number of hydrogen-bond donors (Lipinski definition) is 1. The number of aromatic nitrogens is 4. The van der Waals surface area contributed by atoms with Crippen molar-refractivity contribution in [1.82, 2.24) is 24.5 Å². The average Bonchev–Trinajstić information content (AvgIpc) is 3.16. The molecule has 2 aromatic heterocycles. The van der Waals surface area contributed by atoms with E-state index in [0.717, 1.165) is 37.4 Å². The van der Waals surface area contributed by atoms with Gasteiger partial charge in [0.1, 0.15) is 5.82 Å². The van der Waals surface area contributed by atoms with Gasteiger partial charge in [0.25, 0.3) is 0 Å². The number of carbonyl (C=O) groups excluding carboxylic acids is 1. The number of carbonyl (C=O) groups is 1. The van der Waals surface area contributed by atoms with Gasteiger partial charge < -0.3 is 5.32 Å². The highest BCUT2D eigenvalue weighted by molar-refractivity contribution is 5.91. The summed E-state index contributed by atoms with van der Waals surface area (Å²) < 4.78 is 3.63. The third-order valence-corrected chi connectivity index (χ3v) is 4.07. The molecule has 0 spiro atoms. The van der Waals surface area contributed by atoms with Crippen molar-refractivity contribution in [3.63, 3.8) is 0 Å². The second-order valence-electron chi connectivity index (χ2n) is 5.84. The third-order valence-electron chi connectivity index (χ3n) is 4.07. The minimum absolute atomic E-state index is 0.00960. The SMILES string of the molecule is Cc1cc(NC(=O)CN2CCC[C@H]2Cn2cccn2)n(C)n1. The van der Waals surface area contributed by atoms with Crippen molar-refractivity contribution < 1.29 is 4.79 Å². The molecule has 7 heteroatoms. The molecule has 7 nitrogen and oxygen atoms in total. The van der Waals surface area contributed by atoms with E-state index in [1.54, 1.807) is 10.9 Å². The second-order valence-corrected chi connectivity index (χ2v) is 5.84. The van der Waals surface area contributed by atoms with Gasteiger partial charge in [-0.05, 0) is 32.4 Å². The zero-order valence-corrected chi connectivity index (χ0v) is 13.1. The first-order valence-electron chi connectivity index (χ1n) is 7.64. The summed E-state index contributed by atoms with van der Waals surface area (Å²) in [6, 6.07) is 4.18. The molecule has 22 heavy (non-hydrogen) atoms. The lowest BCUT2D eigenvalue weighted by Gasteiger charge is -2.23. The van der Waals surface area contributed by atoms with Crippen LogP contribution in [0.4, 0.5) is 5.82 Å². The molecule has 0 radical (unpaired) electrons. The van der Waals surface area contributed by atoms with Crippen LogP contribution in [0.5, 0.6) is 0 Å². The minimum Gasteiger partial charge on any atom is -0.310 e. The van der Waals surface area contributed by atoms with Gasteiger partial charge in [-0.3, -0.25) is 19.1 Å². The first-order chi connectivity index (χ1) is 10.6. The highest BCUT2D eigenvalue weighted by atomic mass is 16.2. The van der Waals surface area contributed by atoms with Crippen molar-refractivity contribution in [1.29, 1.82) is 0 Å². The Morgan fingerprint density at radius 1 is 1.50 bits per heavy atom. The number of nitrogens with zero attached hydrogens (tertiary/aromatic N) is 5. The number of aryl methyl sites for hydroxylation is 2. The van der Waals surface area contributed by atoms with Crippen molar-refractivity contribution in [3.8, 4) is 0 Å². The molecule has 3 heterocycles. The van der Waals surface area contributed by atoms with Crippen molar-refractivity contribution in [2.75, 3.05) is 18.4 Å². The number of likely N-dealkylation sites (tertiary alicyclic amines) is 1. The molecule has 1 fully saturated rings. The average molecular weight is 302 g/mol. The van der Waals surface area contributed by atoms with Crippen molar-refractivity contribution in [2.45, 2.75) is 32.4 Å². The van der Waals surface area contributed by atoms with Crippen LogP contribution >= 0.6 is 0 Å². The molecule has 1 aliphatic rings. The molecule has 2 aromatic rings. The molecule has 1 amide bonds. The predicted octanol–water partition coefficient (Wildman–Crippen LogP) is 1.03. The number of hydrogen-bond acceptors (Lipinski definition) is 4. The smallest absolute Gasteiger partial charge is 0.239 e. The van der Waals surface area contributed by atoms with Gasteiger partial charge in [-0.15, -0.1) is 0 Å². The van der Waals surface area contributed by atoms with Crippen LogP contribution in [-0.4, -0.2) is 49.5 Å².